The predicted octanol–water partition coefficient (Wildman–Crippen LogP) is -0.0460. The van der Waals surface area contributed by atoms with Crippen molar-refractivity contribution < 1.29 is 23.1 Å². The van der Waals surface area contributed by atoms with Gasteiger partial charge in [-0.05, 0) is 19.2 Å². The van der Waals surface area contributed by atoms with E-state index in [1.807, 2.05) is 11.9 Å². The number of amides is 1. The zero-order chi connectivity index (χ0) is 16.8. The number of phenolic OH excluding ortho intramolecular Hbond substituents is 1. The van der Waals surface area contributed by atoms with Crippen LogP contribution < -0.4 is 4.74 Å². The fourth-order valence-corrected chi connectivity index (χ4v) is 5.45. The standard InChI is InChI=1S/C15H20N2O5S/c1-16-6-7-17(12-9-23(20,21)8-11(12)16)15(19)10-4-3-5-13(22-2)14(10)18/h3-5,11-12,18H,6-9H2,1-2H3/t11-,12+/m1/s1. The lowest BCUT2D eigenvalue weighted by Gasteiger charge is -2.42. The van der Waals surface area contributed by atoms with E-state index in [0.717, 1.165) is 0 Å². The Morgan fingerprint density at radius 3 is 2.65 bits per heavy atom. The first-order valence-corrected chi connectivity index (χ1v) is 9.24. The van der Waals surface area contributed by atoms with E-state index in [1.54, 1.807) is 17.0 Å². The molecule has 2 aliphatic heterocycles. The average Bonchev–Trinajstić information content (AvgIpc) is 2.83. The average molecular weight is 340 g/mol. The van der Waals surface area contributed by atoms with Crippen LogP contribution in [-0.2, 0) is 9.84 Å². The number of phenols is 1. The molecule has 1 amide bonds. The molecule has 2 aliphatic rings. The van der Waals surface area contributed by atoms with E-state index in [1.165, 1.54) is 13.2 Å². The third kappa shape index (κ3) is 2.76. The number of aromatic hydroxyl groups is 1. The smallest absolute Gasteiger partial charge is 0.258 e. The number of piperazine rings is 1. The molecule has 0 radical (unpaired) electrons. The summed E-state index contributed by atoms with van der Waals surface area (Å²) in [4.78, 5) is 16.4. The number of benzene rings is 1. The van der Waals surface area contributed by atoms with E-state index >= 15 is 0 Å². The number of fused-ring (bicyclic) bond motifs is 1. The van der Waals surface area contributed by atoms with Crippen LogP contribution in [0.5, 0.6) is 11.5 Å². The van der Waals surface area contributed by atoms with Crippen LogP contribution in [0.25, 0.3) is 0 Å². The van der Waals surface area contributed by atoms with E-state index < -0.39 is 9.84 Å². The van der Waals surface area contributed by atoms with Gasteiger partial charge < -0.3 is 14.7 Å². The van der Waals surface area contributed by atoms with E-state index in [9.17, 15) is 18.3 Å². The van der Waals surface area contributed by atoms with E-state index in [0.29, 0.717) is 13.1 Å². The summed E-state index contributed by atoms with van der Waals surface area (Å²) in [7, 11) is 0.138. The zero-order valence-electron chi connectivity index (χ0n) is 13.1. The van der Waals surface area contributed by atoms with Crippen LogP contribution in [0.2, 0.25) is 0 Å². The molecule has 2 fully saturated rings. The number of carbonyl (C=O) groups excluding carboxylic acids is 1. The minimum Gasteiger partial charge on any atom is -0.504 e. The number of methoxy groups -OCH3 is 1. The molecule has 7 nitrogen and oxygen atoms in total. The van der Waals surface area contributed by atoms with Gasteiger partial charge in [0.2, 0.25) is 0 Å². The van der Waals surface area contributed by atoms with E-state index in [4.69, 9.17) is 4.74 Å². The summed E-state index contributed by atoms with van der Waals surface area (Å²) in [5, 5.41) is 10.2. The van der Waals surface area contributed by atoms with Crippen molar-refractivity contribution in [1.29, 1.82) is 0 Å². The molecule has 0 saturated carbocycles. The predicted molar refractivity (Wildman–Crippen MR) is 84.6 cm³/mol. The summed E-state index contributed by atoms with van der Waals surface area (Å²) >= 11 is 0. The van der Waals surface area contributed by atoms with Crippen molar-refractivity contribution in [1.82, 2.24) is 9.80 Å². The summed E-state index contributed by atoms with van der Waals surface area (Å²) in [5.74, 6) is -0.306. The lowest BCUT2D eigenvalue weighted by molar-refractivity contribution is 0.0407. The number of para-hydroxylation sites is 1. The first kappa shape index (κ1) is 16.1. The summed E-state index contributed by atoms with van der Waals surface area (Å²) in [5.41, 5.74) is 0.136. The lowest BCUT2D eigenvalue weighted by atomic mass is 10.0. The molecule has 2 saturated heterocycles. The second-order valence-electron chi connectivity index (χ2n) is 6.05. The number of ether oxygens (including phenoxy) is 1. The highest BCUT2D eigenvalue weighted by molar-refractivity contribution is 7.91. The normalized spacial score (nSPS) is 26.8. The van der Waals surface area contributed by atoms with Gasteiger partial charge in [-0.25, -0.2) is 8.42 Å². The Balaban J connectivity index is 1.94. The molecule has 2 heterocycles. The first-order chi connectivity index (χ1) is 10.8. The van der Waals surface area contributed by atoms with Gasteiger partial charge in [-0.1, -0.05) is 6.07 Å². The van der Waals surface area contributed by atoms with Crippen LogP contribution in [0.3, 0.4) is 0 Å². The fraction of sp³-hybridized carbons (Fsp3) is 0.533. The van der Waals surface area contributed by atoms with Gasteiger partial charge in [0.05, 0.1) is 30.2 Å². The number of hydrogen-bond acceptors (Lipinski definition) is 6. The molecule has 0 bridgehead atoms. The van der Waals surface area contributed by atoms with Gasteiger partial charge in [-0.3, -0.25) is 9.69 Å². The topological polar surface area (TPSA) is 87.2 Å². The quantitative estimate of drug-likeness (QED) is 0.812. The Bertz CT molecular complexity index is 733. The maximum absolute atomic E-state index is 12.8. The van der Waals surface area contributed by atoms with E-state index in [2.05, 4.69) is 0 Å². The van der Waals surface area contributed by atoms with Gasteiger partial charge in [-0.2, -0.15) is 0 Å². The molecular weight excluding hydrogens is 320 g/mol. The Labute approximate surface area is 135 Å². The Hall–Kier alpha value is -1.80. The summed E-state index contributed by atoms with van der Waals surface area (Å²) in [6.07, 6.45) is 0. The maximum atomic E-state index is 12.8. The number of nitrogens with zero attached hydrogens (tertiary/aromatic N) is 2. The second-order valence-corrected chi connectivity index (χ2v) is 8.20. The molecule has 0 unspecified atom stereocenters. The minimum atomic E-state index is -3.16. The first-order valence-electron chi connectivity index (χ1n) is 7.41. The largest absolute Gasteiger partial charge is 0.504 e. The summed E-state index contributed by atoms with van der Waals surface area (Å²) in [6, 6.07) is 4.16. The molecule has 1 aromatic carbocycles. The molecular formula is C15H20N2O5S. The fourth-order valence-electron chi connectivity index (χ4n) is 3.39. The van der Waals surface area contributed by atoms with Crippen molar-refractivity contribution in [3.63, 3.8) is 0 Å². The molecule has 1 aromatic rings. The Morgan fingerprint density at radius 1 is 1.26 bits per heavy atom. The van der Waals surface area contributed by atoms with E-state index in [-0.39, 0.29) is 46.6 Å². The van der Waals surface area contributed by atoms with Crippen molar-refractivity contribution in [2.75, 3.05) is 38.8 Å². The molecule has 2 atom stereocenters. The van der Waals surface area contributed by atoms with Crippen LogP contribution in [0.1, 0.15) is 10.4 Å². The van der Waals surface area contributed by atoms with Gasteiger partial charge in [0, 0.05) is 19.1 Å². The molecule has 1 N–H and O–H groups in total. The molecule has 0 aromatic heterocycles. The molecule has 8 heteroatoms. The molecule has 0 spiro atoms. The molecule has 23 heavy (non-hydrogen) atoms. The van der Waals surface area contributed by atoms with Crippen LogP contribution in [-0.4, -0.2) is 80.1 Å². The van der Waals surface area contributed by atoms with Crippen LogP contribution in [0.4, 0.5) is 0 Å². The van der Waals surface area contributed by atoms with Crippen LogP contribution in [0.15, 0.2) is 18.2 Å². The van der Waals surface area contributed by atoms with Crippen molar-refractivity contribution in [2.45, 2.75) is 12.1 Å². The summed E-state index contributed by atoms with van der Waals surface area (Å²) in [6.45, 7) is 1.04. The third-order valence-corrected chi connectivity index (χ3v) is 6.36. The maximum Gasteiger partial charge on any atom is 0.258 e. The monoisotopic (exact) mass is 340 g/mol. The SMILES string of the molecule is COc1cccc(C(=O)N2CCN(C)[C@@H]3CS(=O)(=O)C[C@@H]32)c1O. The highest BCUT2D eigenvalue weighted by Gasteiger charge is 2.47. The van der Waals surface area contributed by atoms with Gasteiger partial charge in [0.15, 0.2) is 21.3 Å². The van der Waals surface area contributed by atoms with Gasteiger partial charge in [0.1, 0.15) is 0 Å². The Kier molecular flexibility index (Phi) is 3.97. The number of carbonyl (C=O) groups is 1. The summed E-state index contributed by atoms with van der Waals surface area (Å²) < 4.78 is 29.0. The van der Waals surface area contributed by atoms with Crippen molar-refractivity contribution in [3.8, 4) is 11.5 Å². The van der Waals surface area contributed by atoms with Crippen molar-refractivity contribution in [2.24, 2.45) is 0 Å². The van der Waals surface area contributed by atoms with Crippen LogP contribution in [0, 0.1) is 0 Å². The number of hydrogen-bond donors (Lipinski definition) is 1. The number of sulfone groups is 1. The zero-order valence-corrected chi connectivity index (χ0v) is 13.9. The Morgan fingerprint density at radius 2 is 1.96 bits per heavy atom. The number of likely N-dealkylation sites (N-methyl/N-ethyl adjacent to an activating group) is 1. The van der Waals surface area contributed by atoms with Crippen molar-refractivity contribution in [3.05, 3.63) is 23.8 Å². The van der Waals surface area contributed by atoms with Gasteiger partial charge >= 0.3 is 0 Å². The minimum absolute atomic E-state index is 0.0293. The van der Waals surface area contributed by atoms with Gasteiger partial charge in [-0.15, -0.1) is 0 Å². The molecule has 126 valence electrons. The second kappa shape index (κ2) is 5.68. The molecule has 0 aliphatic carbocycles. The highest BCUT2D eigenvalue weighted by atomic mass is 32.2. The molecule has 3 rings (SSSR count). The van der Waals surface area contributed by atoms with Gasteiger partial charge in [0.25, 0.3) is 5.91 Å². The third-order valence-electron chi connectivity index (χ3n) is 4.66. The highest BCUT2D eigenvalue weighted by Crippen LogP contribution is 2.33. The number of rotatable bonds is 2. The lowest BCUT2D eigenvalue weighted by Crippen LogP contribution is -2.59. The van der Waals surface area contributed by atoms with Crippen molar-refractivity contribution >= 4 is 15.7 Å². The van der Waals surface area contributed by atoms with Crippen LogP contribution >= 0.6 is 0 Å².